The van der Waals surface area contributed by atoms with Gasteiger partial charge in [0.05, 0.1) is 13.1 Å². The lowest BCUT2D eigenvalue weighted by Crippen LogP contribution is -2.41. The van der Waals surface area contributed by atoms with Crippen molar-refractivity contribution in [2.45, 2.75) is 12.7 Å². The van der Waals surface area contributed by atoms with Crippen LogP contribution in [0.5, 0.6) is 0 Å². The number of likely N-dealkylation sites (N-methyl/N-ethyl adjacent to an activating group) is 1. The van der Waals surface area contributed by atoms with Crippen molar-refractivity contribution in [1.29, 1.82) is 0 Å². The maximum atomic E-state index is 12.2. The van der Waals surface area contributed by atoms with Crippen molar-refractivity contribution < 1.29 is 13.5 Å². The molecule has 1 heterocycles. The summed E-state index contributed by atoms with van der Waals surface area (Å²) in [5.74, 6) is 0. The van der Waals surface area contributed by atoms with Crippen molar-refractivity contribution >= 4 is 0 Å². The highest BCUT2D eigenvalue weighted by atomic mass is 19.2. The zero-order valence-corrected chi connectivity index (χ0v) is 5.18. The molecule has 0 unspecified atom stereocenters. The van der Waals surface area contributed by atoms with Crippen LogP contribution in [0.1, 0.15) is 0 Å². The summed E-state index contributed by atoms with van der Waals surface area (Å²) < 4.78 is 28.5. The van der Waals surface area contributed by atoms with Gasteiger partial charge in [0.15, 0.2) is 0 Å². The molecule has 0 saturated carbocycles. The molecule has 0 N–H and O–H groups in total. The van der Waals surface area contributed by atoms with Crippen molar-refractivity contribution in [2.24, 2.45) is 0 Å². The molecule has 1 aliphatic heterocycles. The predicted molar refractivity (Wildman–Crippen MR) is 28.4 cm³/mol. The van der Waals surface area contributed by atoms with Crippen molar-refractivity contribution in [3.63, 3.8) is 0 Å². The molecule has 0 amide bonds. The summed E-state index contributed by atoms with van der Waals surface area (Å²) in [7, 11) is 1.65. The summed E-state index contributed by atoms with van der Waals surface area (Å²) in [5.41, 5.74) is 0. The first kappa shape index (κ1) is 6.89. The van der Waals surface area contributed by atoms with Gasteiger partial charge in [-0.15, -0.1) is 0 Å². The molecule has 1 saturated heterocycles. The Balaban J connectivity index is 2.34. The lowest BCUT2D eigenvalue weighted by molar-refractivity contribution is -0.185. The Hall–Kier alpha value is -0.220. The van der Waals surface area contributed by atoms with E-state index in [0.29, 0.717) is 0 Å². The molecule has 54 valence electrons. The molecule has 0 aromatic rings. The Morgan fingerprint density at radius 2 is 1.78 bits per heavy atom. The molecule has 2 nitrogen and oxygen atoms in total. The Kier molecular flexibility index (Phi) is 1.97. The van der Waals surface area contributed by atoms with Crippen LogP contribution in [0.2, 0.25) is 0 Å². The van der Waals surface area contributed by atoms with E-state index in [1.807, 2.05) is 0 Å². The van der Waals surface area contributed by atoms with Crippen LogP contribution >= 0.6 is 0 Å². The van der Waals surface area contributed by atoms with Gasteiger partial charge < -0.3 is 4.74 Å². The average Bonchev–Trinajstić information content (AvgIpc) is 1.59. The number of nitrogens with zero attached hydrogens (tertiary/aromatic N) is 1. The highest BCUT2D eigenvalue weighted by molar-refractivity contribution is 4.62. The molecule has 1 aliphatic rings. The number of ether oxygens (including phenoxy) is 1. The van der Waals surface area contributed by atoms with Crippen LogP contribution in [0.25, 0.3) is 0 Å². The molecule has 1 fully saturated rings. The van der Waals surface area contributed by atoms with Gasteiger partial charge in [-0.05, 0) is 7.05 Å². The maximum absolute atomic E-state index is 12.2. The van der Waals surface area contributed by atoms with Crippen LogP contribution in [0.15, 0.2) is 0 Å². The van der Waals surface area contributed by atoms with E-state index in [4.69, 9.17) is 0 Å². The van der Waals surface area contributed by atoms with E-state index in [0.717, 1.165) is 0 Å². The standard InChI is InChI=1S/C5H9F2NO/c1-8-2-4(6)9-5(7)3-8/h4-5H,2-3H2,1H3/t4-,5-/m1/s1. The second-order valence-electron chi connectivity index (χ2n) is 2.18. The van der Waals surface area contributed by atoms with Gasteiger partial charge in [-0.3, -0.25) is 4.90 Å². The minimum absolute atomic E-state index is 0.167. The first-order valence-electron chi connectivity index (χ1n) is 2.80. The molecule has 0 spiro atoms. The summed E-state index contributed by atoms with van der Waals surface area (Å²) in [5, 5.41) is 0. The van der Waals surface area contributed by atoms with Crippen LogP contribution in [-0.2, 0) is 4.74 Å². The molecule has 4 heteroatoms. The average molecular weight is 137 g/mol. The number of alkyl halides is 2. The molecule has 1 rings (SSSR count). The van der Waals surface area contributed by atoms with Gasteiger partial charge in [-0.1, -0.05) is 0 Å². The zero-order chi connectivity index (χ0) is 6.85. The van der Waals surface area contributed by atoms with Gasteiger partial charge in [-0.25, -0.2) is 8.78 Å². The Morgan fingerprint density at radius 1 is 1.33 bits per heavy atom. The molecule has 2 atom stereocenters. The smallest absolute Gasteiger partial charge is 0.214 e. The normalized spacial score (nSPS) is 39.0. The number of hydrogen-bond donors (Lipinski definition) is 0. The fourth-order valence-electron chi connectivity index (χ4n) is 0.811. The molecular weight excluding hydrogens is 128 g/mol. The summed E-state index contributed by atoms with van der Waals surface area (Å²) >= 11 is 0. The largest absolute Gasteiger partial charge is 0.311 e. The Labute approximate surface area is 52.4 Å². The van der Waals surface area contributed by atoms with Crippen molar-refractivity contribution in [2.75, 3.05) is 20.1 Å². The molecule has 0 aromatic carbocycles. The van der Waals surface area contributed by atoms with Gasteiger partial charge in [0.2, 0.25) is 12.7 Å². The lowest BCUT2D eigenvalue weighted by atomic mass is 10.4. The van der Waals surface area contributed by atoms with Gasteiger partial charge in [0.25, 0.3) is 0 Å². The minimum Gasteiger partial charge on any atom is -0.311 e. The summed E-state index contributed by atoms with van der Waals surface area (Å²) in [6.07, 6.45) is -2.92. The van der Waals surface area contributed by atoms with Crippen LogP contribution in [0.3, 0.4) is 0 Å². The van der Waals surface area contributed by atoms with Gasteiger partial charge in [0.1, 0.15) is 0 Å². The number of halogens is 2. The first-order valence-corrected chi connectivity index (χ1v) is 2.80. The third-order valence-electron chi connectivity index (χ3n) is 1.21. The third-order valence-corrected chi connectivity index (χ3v) is 1.21. The van der Waals surface area contributed by atoms with Crippen molar-refractivity contribution in [1.82, 2.24) is 4.90 Å². The van der Waals surface area contributed by atoms with E-state index in [1.54, 1.807) is 11.9 Å². The highest BCUT2D eigenvalue weighted by Gasteiger charge is 2.24. The van der Waals surface area contributed by atoms with Gasteiger partial charge in [0, 0.05) is 0 Å². The van der Waals surface area contributed by atoms with Crippen LogP contribution in [-0.4, -0.2) is 37.8 Å². The Morgan fingerprint density at radius 3 is 2.11 bits per heavy atom. The SMILES string of the molecule is CN1C[C@H](F)O[C@@H](F)C1. The molecule has 9 heavy (non-hydrogen) atoms. The highest BCUT2D eigenvalue weighted by Crippen LogP contribution is 2.10. The van der Waals surface area contributed by atoms with Crippen molar-refractivity contribution in [3.8, 4) is 0 Å². The summed E-state index contributed by atoms with van der Waals surface area (Å²) in [4.78, 5) is 1.55. The quantitative estimate of drug-likeness (QED) is 0.483. The van der Waals surface area contributed by atoms with E-state index in [2.05, 4.69) is 4.74 Å². The number of hydrogen-bond acceptors (Lipinski definition) is 2. The van der Waals surface area contributed by atoms with E-state index < -0.39 is 12.7 Å². The second kappa shape index (κ2) is 2.58. The topological polar surface area (TPSA) is 12.5 Å². The van der Waals surface area contributed by atoms with E-state index in [-0.39, 0.29) is 13.1 Å². The molecule has 0 radical (unpaired) electrons. The summed E-state index contributed by atoms with van der Waals surface area (Å²) in [6.45, 7) is 0.334. The van der Waals surface area contributed by atoms with Gasteiger partial charge in [-0.2, -0.15) is 0 Å². The zero-order valence-electron chi connectivity index (χ0n) is 5.18. The van der Waals surface area contributed by atoms with E-state index >= 15 is 0 Å². The third kappa shape index (κ3) is 1.87. The van der Waals surface area contributed by atoms with Crippen LogP contribution < -0.4 is 0 Å². The van der Waals surface area contributed by atoms with Crippen molar-refractivity contribution in [3.05, 3.63) is 0 Å². The molecule has 0 aromatic heterocycles. The maximum Gasteiger partial charge on any atom is 0.214 e. The number of rotatable bonds is 0. The predicted octanol–water partition coefficient (Wildman–Crippen LogP) is 0.540. The van der Waals surface area contributed by atoms with E-state index in [9.17, 15) is 8.78 Å². The second-order valence-corrected chi connectivity index (χ2v) is 2.18. The van der Waals surface area contributed by atoms with Gasteiger partial charge >= 0.3 is 0 Å². The minimum atomic E-state index is -1.46. The number of morpholine rings is 1. The first-order chi connectivity index (χ1) is 4.18. The van der Waals surface area contributed by atoms with Crippen LogP contribution in [0.4, 0.5) is 8.78 Å². The molecule has 0 bridgehead atoms. The molecular formula is C5H9F2NO. The summed E-state index contributed by atoms with van der Waals surface area (Å²) in [6, 6.07) is 0. The van der Waals surface area contributed by atoms with E-state index in [1.165, 1.54) is 0 Å². The lowest BCUT2D eigenvalue weighted by Gasteiger charge is -2.27. The fourth-order valence-corrected chi connectivity index (χ4v) is 0.811. The fraction of sp³-hybridized carbons (Fsp3) is 1.00. The monoisotopic (exact) mass is 137 g/mol. The molecule has 0 aliphatic carbocycles. The van der Waals surface area contributed by atoms with Crippen LogP contribution in [0, 0.1) is 0 Å². The Bertz CT molecular complexity index is 75.9.